The lowest BCUT2D eigenvalue weighted by molar-refractivity contribution is 0.0501. The van der Waals surface area contributed by atoms with Crippen molar-refractivity contribution >= 4 is 17.7 Å². The second-order valence-electron chi connectivity index (χ2n) is 3.40. The van der Waals surface area contributed by atoms with Crippen molar-refractivity contribution in [3.8, 4) is 0 Å². The molecule has 1 aliphatic heterocycles. The molecule has 0 spiro atoms. The lowest BCUT2D eigenvalue weighted by Crippen LogP contribution is -2.27. The molecule has 0 fully saturated rings. The van der Waals surface area contributed by atoms with Gasteiger partial charge in [0.2, 0.25) is 0 Å². The lowest BCUT2D eigenvalue weighted by atomic mass is 10.3. The van der Waals surface area contributed by atoms with Gasteiger partial charge in [0.1, 0.15) is 5.56 Å². The van der Waals surface area contributed by atoms with Crippen LogP contribution in [0.1, 0.15) is 23.7 Å². The van der Waals surface area contributed by atoms with Crippen LogP contribution in [-0.4, -0.2) is 27.9 Å². The second kappa shape index (κ2) is 4.69. The van der Waals surface area contributed by atoms with Crippen LogP contribution in [-0.2, 0) is 11.3 Å². The summed E-state index contributed by atoms with van der Waals surface area (Å²) in [6, 6.07) is 0. The fraction of sp³-hybridized carbons (Fsp3) is 0.500. The topological polar surface area (TPSA) is 61.2 Å². The molecular formula is C10H12N2O3S. The van der Waals surface area contributed by atoms with Gasteiger partial charge in [0.25, 0.3) is 5.56 Å². The molecule has 1 aromatic heterocycles. The molecule has 0 aromatic carbocycles. The average molecular weight is 240 g/mol. The van der Waals surface area contributed by atoms with Crippen molar-refractivity contribution in [2.24, 2.45) is 0 Å². The Morgan fingerprint density at radius 2 is 2.50 bits per heavy atom. The highest BCUT2D eigenvalue weighted by atomic mass is 32.2. The van der Waals surface area contributed by atoms with Gasteiger partial charge in [0.05, 0.1) is 6.61 Å². The van der Waals surface area contributed by atoms with E-state index in [0.717, 1.165) is 12.2 Å². The van der Waals surface area contributed by atoms with Gasteiger partial charge in [0.15, 0.2) is 5.16 Å². The number of aromatic nitrogens is 2. The van der Waals surface area contributed by atoms with Crippen molar-refractivity contribution in [1.82, 2.24) is 9.55 Å². The molecule has 2 heterocycles. The number of carbonyl (C=O) groups excluding carboxylic acids is 1. The summed E-state index contributed by atoms with van der Waals surface area (Å²) in [6.45, 7) is 2.84. The van der Waals surface area contributed by atoms with E-state index in [0.29, 0.717) is 18.3 Å². The van der Waals surface area contributed by atoms with Gasteiger partial charge in [-0.25, -0.2) is 9.78 Å². The Hall–Kier alpha value is -1.30. The third-order valence-corrected chi connectivity index (χ3v) is 3.18. The van der Waals surface area contributed by atoms with E-state index in [1.807, 2.05) is 6.92 Å². The third kappa shape index (κ3) is 1.97. The van der Waals surface area contributed by atoms with Crippen LogP contribution in [0.25, 0.3) is 0 Å². The quantitative estimate of drug-likeness (QED) is 0.580. The Kier molecular flexibility index (Phi) is 3.28. The highest BCUT2D eigenvalue weighted by molar-refractivity contribution is 7.99. The summed E-state index contributed by atoms with van der Waals surface area (Å²) in [4.78, 5) is 27.5. The number of hydrogen-bond donors (Lipinski definition) is 0. The molecule has 0 saturated heterocycles. The van der Waals surface area contributed by atoms with Crippen LogP contribution in [0.3, 0.4) is 0 Å². The van der Waals surface area contributed by atoms with Crippen LogP contribution in [0.2, 0.25) is 0 Å². The second-order valence-corrected chi connectivity index (χ2v) is 4.46. The van der Waals surface area contributed by atoms with E-state index in [-0.39, 0.29) is 11.1 Å². The predicted molar refractivity (Wildman–Crippen MR) is 59.8 cm³/mol. The van der Waals surface area contributed by atoms with Gasteiger partial charge in [-0.05, 0) is 6.42 Å². The van der Waals surface area contributed by atoms with E-state index in [1.165, 1.54) is 22.5 Å². The maximum atomic E-state index is 11.9. The first-order valence-electron chi connectivity index (χ1n) is 5.13. The summed E-state index contributed by atoms with van der Waals surface area (Å²) in [5, 5.41) is 0.678. The van der Waals surface area contributed by atoms with Gasteiger partial charge in [0, 0.05) is 18.5 Å². The molecule has 0 bridgehead atoms. The SMILES string of the molecule is CCCOC(=O)c1cnc2n(c1=O)CCS2. The number of esters is 1. The number of carbonyl (C=O) groups is 1. The summed E-state index contributed by atoms with van der Waals surface area (Å²) in [7, 11) is 0. The number of hydrogen-bond acceptors (Lipinski definition) is 5. The number of rotatable bonds is 3. The van der Waals surface area contributed by atoms with Gasteiger partial charge < -0.3 is 4.74 Å². The molecule has 0 amide bonds. The van der Waals surface area contributed by atoms with E-state index in [1.54, 1.807) is 0 Å². The van der Waals surface area contributed by atoms with Gasteiger partial charge >= 0.3 is 5.97 Å². The summed E-state index contributed by atoms with van der Waals surface area (Å²) in [5.74, 6) is 0.252. The van der Waals surface area contributed by atoms with Crippen LogP contribution < -0.4 is 5.56 Å². The molecule has 1 aromatic rings. The fourth-order valence-corrected chi connectivity index (χ4v) is 2.34. The van der Waals surface area contributed by atoms with Gasteiger partial charge in [-0.2, -0.15) is 0 Å². The minimum absolute atomic E-state index is 0.0275. The van der Waals surface area contributed by atoms with E-state index >= 15 is 0 Å². The first kappa shape index (κ1) is 11.2. The van der Waals surface area contributed by atoms with E-state index in [9.17, 15) is 9.59 Å². The first-order chi connectivity index (χ1) is 7.74. The Morgan fingerprint density at radius 3 is 3.25 bits per heavy atom. The van der Waals surface area contributed by atoms with Crippen LogP contribution in [0.15, 0.2) is 16.1 Å². The number of fused-ring (bicyclic) bond motifs is 1. The normalized spacial score (nSPS) is 13.6. The lowest BCUT2D eigenvalue weighted by Gasteiger charge is -2.05. The Morgan fingerprint density at radius 1 is 1.69 bits per heavy atom. The molecule has 5 nitrogen and oxygen atoms in total. The molecule has 16 heavy (non-hydrogen) atoms. The number of nitrogens with zero attached hydrogens (tertiary/aromatic N) is 2. The van der Waals surface area contributed by atoms with Crippen molar-refractivity contribution in [2.75, 3.05) is 12.4 Å². The number of thioether (sulfide) groups is 1. The monoisotopic (exact) mass is 240 g/mol. The van der Waals surface area contributed by atoms with E-state index < -0.39 is 5.97 Å². The summed E-state index contributed by atoms with van der Waals surface area (Å²) in [6.07, 6.45) is 2.05. The molecule has 0 N–H and O–H groups in total. The van der Waals surface area contributed by atoms with Crippen LogP contribution >= 0.6 is 11.8 Å². The molecular weight excluding hydrogens is 228 g/mol. The third-order valence-electron chi connectivity index (χ3n) is 2.21. The smallest absolute Gasteiger partial charge is 0.345 e. The van der Waals surface area contributed by atoms with Gasteiger partial charge in [-0.1, -0.05) is 18.7 Å². The van der Waals surface area contributed by atoms with Crippen molar-refractivity contribution in [3.05, 3.63) is 22.1 Å². The highest BCUT2D eigenvalue weighted by Crippen LogP contribution is 2.20. The average Bonchev–Trinajstić information content (AvgIpc) is 2.75. The van der Waals surface area contributed by atoms with Crippen molar-refractivity contribution in [2.45, 2.75) is 25.0 Å². The van der Waals surface area contributed by atoms with Crippen molar-refractivity contribution in [3.63, 3.8) is 0 Å². The molecule has 1 aliphatic rings. The molecule has 6 heteroatoms. The summed E-state index contributed by atoms with van der Waals surface area (Å²) < 4.78 is 6.44. The summed E-state index contributed by atoms with van der Waals surface area (Å²) >= 11 is 1.52. The molecule has 0 radical (unpaired) electrons. The molecule has 0 unspecified atom stereocenters. The minimum atomic E-state index is -0.577. The first-order valence-corrected chi connectivity index (χ1v) is 6.12. The van der Waals surface area contributed by atoms with E-state index in [2.05, 4.69) is 4.98 Å². The van der Waals surface area contributed by atoms with Crippen molar-refractivity contribution in [1.29, 1.82) is 0 Å². The van der Waals surface area contributed by atoms with E-state index in [4.69, 9.17) is 4.74 Å². The minimum Gasteiger partial charge on any atom is -0.462 e. The fourth-order valence-electron chi connectivity index (χ4n) is 1.43. The Balaban J connectivity index is 2.29. The number of ether oxygens (including phenoxy) is 1. The van der Waals surface area contributed by atoms with Gasteiger partial charge in [-0.3, -0.25) is 9.36 Å². The standard InChI is InChI=1S/C10H12N2O3S/c1-2-4-15-9(14)7-6-11-10-12(8(7)13)3-5-16-10/h6H,2-5H2,1H3. The zero-order valence-electron chi connectivity index (χ0n) is 8.93. The molecule has 0 atom stereocenters. The van der Waals surface area contributed by atoms with Gasteiger partial charge in [-0.15, -0.1) is 0 Å². The Labute approximate surface area is 96.8 Å². The Bertz CT molecular complexity index is 470. The predicted octanol–water partition coefficient (Wildman–Crippen LogP) is 0.916. The zero-order valence-corrected chi connectivity index (χ0v) is 9.75. The van der Waals surface area contributed by atoms with Crippen LogP contribution in [0.4, 0.5) is 0 Å². The van der Waals surface area contributed by atoms with Crippen molar-refractivity contribution < 1.29 is 9.53 Å². The molecule has 0 aliphatic carbocycles. The molecule has 86 valence electrons. The van der Waals surface area contributed by atoms with Crippen LogP contribution in [0.5, 0.6) is 0 Å². The van der Waals surface area contributed by atoms with Crippen LogP contribution in [0, 0.1) is 0 Å². The largest absolute Gasteiger partial charge is 0.462 e. The maximum Gasteiger partial charge on any atom is 0.345 e. The molecule has 2 rings (SSSR count). The maximum absolute atomic E-state index is 11.9. The molecule has 0 saturated carbocycles. The zero-order chi connectivity index (χ0) is 11.5. The summed E-state index contributed by atoms with van der Waals surface area (Å²) in [5.41, 5.74) is -0.268. The highest BCUT2D eigenvalue weighted by Gasteiger charge is 2.20.